The van der Waals surface area contributed by atoms with E-state index in [1.165, 1.54) is 12.1 Å². The molecule has 0 spiro atoms. The first-order valence-electron chi connectivity index (χ1n) is 18.8. The topological polar surface area (TPSA) is 185 Å². The van der Waals surface area contributed by atoms with Crippen LogP contribution in [0.1, 0.15) is 27.7 Å². The van der Waals surface area contributed by atoms with Gasteiger partial charge in [-0.2, -0.15) is 13.2 Å². The number of hydrogen-bond acceptors (Lipinski definition) is 11. The first-order valence-corrected chi connectivity index (χ1v) is 21.7. The molecular formula is C40H46F3N5O9S2. The zero-order valence-electron chi connectivity index (χ0n) is 33.1. The number of alkyl halides is 3. The molecule has 1 saturated heterocycles. The number of nitrogens with zero attached hydrogens (tertiary/aromatic N) is 3. The molecular weight excluding hydrogens is 816 g/mol. The maximum atomic E-state index is 13.8. The summed E-state index contributed by atoms with van der Waals surface area (Å²) in [6, 6.07) is 20.0. The molecule has 3 N–H and O–H groups in total. The summed E-state index contributed by atoms with van der Waals surface area (Å²) in [6.45, 7) is 14.3. The number of benzene rings is 4. The quantitative estimate of drug-likeness (QED) is 0.0801. The number of carboxylic acid groups (broad SMARTS) is 1. The maximum Gasteiger partial charge on any atom is 0.490 e. The lowest BCUT2D eigenvalue weighted by Gasteiger charge is -2.31. The van der Waals surface area contributed by atoms with Crippen LogP contribution in [0.4, 0.5) is 30.2 Å². The highest BCUT2D eigenvalue weighted by Gasteiger charge is 2.38. The average Bonchev–Trinajstić information content (AvgIpc) is 3.20. The lowest BCUT2D eigenvalue weighted by atomic mass is 9.93. The van der Waals surface area contributed by atoms with E-state index in [0.29, 0.717) is 46.7 Å². The maximum absolute atomic E-state index is 13.8. The summed E-state index contributed by atoms with van der Waals surface area (Å²) >= 11 is 0. The number of methoxy groups -OCH3 is 1. The predicted molar refractivity (Wildman–Crippen MR) is 219 cm³/mol. The van der Waals surface area contributed by atoms with Gasteiger partial charge in [-0.15, -0.1) is 0 Å². The van der Waals surface area contributed by atoms with Crippen LogP contribution in [0.3, 0.4) is 0 Å². The van der Waals surface area contributed by atoms with Crippen molar-refractivity contribution in [1.82, 2.24) is 9.89 Å². The highest BCUT2D eigenvalue weighted by Crippen LogP contribution is 2.44. The Balaban J connectivity index is 0.000000867. The molecule has 19 heteroatoms. The molecule has 1 aliphatic carbocycles. The lowest BCUT2D eigenvalue weighted by Crippen LogP contribution is -2.43. The van der Waals surface area contributed by atoms with Gasteiger partial charge in [0.1, 0.15) is 40.3 Å². The molecule has 0 amide bonds. The number of halogens is 3. The number of hydrogen-bond donors (Lipinski definition) is 3. The Bertz CT molecular complexity index is 2580. The van der Waals surface area contributed by atoms with Gasteiger partial charge in [0.05, 0.1) is 34.3 Å². The molecule has 0 atom stereocenters. The summed E-state index contributed by atoms with van der Waals surface area (Å²) < 4.78 is 115. The number of anilines is 3. The normalized spacial score (nSPS) is 13.5. The minimum Gasteiger partial charge on any atom is -0.744 e. The van der Waals surface area contributed by atoms with Crippen LogP contribution in [-0.4, -0.2) is 98.1 Å². The summed E-state index contributed by atoms with van der Waals surface area (Å²) in [5.41, 5.74) is 3.53. The highest BCUT2D eigenvalue weighted by atomic mass is 32.2. The number of carbonyl (C=O) groups is 1. The molecule has 6 rings (SSSR count). The van der Waals surface area contributed by atoms with Gasteiger partial charge >= 0.3 is 12.1 Å². The SMILES string of the molecule is CCN(CC)c1ccc2c(-c3ccc(S(=O)(=O)Nc4ccc(OC)c(N5CCNCC5)c4)cc3S(=O)(=O)[O-])c3ccc(=[N+](CC)CC)cc-3oc2c1.O=C(O)C(F)(F)F. The Labute approximate surface area is 340 Å². The van der Waals surface area contributed by atoms with Crippen LogP contribution < -0.4 is 34.5 Å². The Morgan fingerprint density at radius 3 is 2.15 bits per heavy atom. The Morgan fingerprint density at radius 1 is 0.932 bits per heavy atom. The minimum atomic E-state index is -5.18. The zero-order valence-corrected chi connectivity index (χ0v) is 34.7. The van der Waals surface area contributed by atoms with Crippen LogP contribution in [0.15, 0.2) is 87.0 Å². The number of rotatable bonds is 12. The summed E-state index contributed by atoms with van der Waals surface area (Å²) in [6.07, 6.45) is -5.08. The van der Waals surface area contributed by atoms with Crippen molar-refractivity contribution < 1.29 is 53.6 Å². The Kier molecular flexibility index (Phi) is 13.9. The van der Waals surface area contributed by atoms with E-state index in [1.54, 1.807) is 25.3 Å². The molecule has 2 aliphatic heterocycles. The third kappa shape index (κ3) is 10.1. The van der Waals surface area contributed by atoms with Crippen LogP contribution in [0.25, 0.3) is 33.4 Å². The fourth-order valence-electron chi connectivity index (χ4n) is 6.93. The third-order valence-electron chi connectivity index (χ3n) is 9.88. The number of nitrogens with one attached hydrogen (secondary N) is 2. The molecule has 3 aromatic carbocycles. The van der Waals surface area contributed by atoms with Crippen molar-refractivity contribution in [1.29, 1.82) is 0 Å². The van der Waals surface area contributed by atoms with Gasteiger partial charge in [-0.3, -0.25) is 4.72 Å². The van der Waals surface area contributed by atoms with E-state index in [9.17, 15) is 34.6 Å². The smallest absolute Gasteiger partial charge is 0.490 e. The first-order chi connectivity index (χ1) is 27.9. The van der Waals surface area contributed by atoms with Gasteiger partial charge in [0.25, 0.3) is 10.0 Å². The third-order valence-corrected chi connectivity index (χ3v) is 12.1. The molecule has 318 valence electrons. The van der Waals surface area contributed by atoms with Gasteiger partial charge in [0.15, 0.2) is 0 Å². The number of ether oxygens (including phenoxy) is 1. The fourth-order valence-corrected chi connectivity index (χ4v) is 8.79. The van der Waals surface area contributed by atoms with Crippen LogP contribution in [-0.2, 0) is 24.9 Å². The highest BCUT2D eigenvalue weighted by molar-refractivity contribution is 7.92. The number of sulfonamides is 1. The average molecular weight is 862 g/mol. The monoisotopic (exact) mass is 861 g/mol. The van der Waals surface area contributed by atoms with E-state index in [0.717, 1.165) is 62.1 Å². The molecule has 0 radical (unpaired) electrons. The summed E-state index contributed by atoms with van der Waals surface area (Å²) in [7, 11) is -7.97. The van der Waals surface area contributed by atoms with Crippen molar-refractivity contribution in [2.24, 2.45) is 0 Å². The van der Waals surface area contributed by atoms with E-state index < -0.39 is 37.2 Å². The number of aliphatic carboxylic acids is 1. The van der Waals surface area contributed by atoms with Crippen molar-refractivity contribution in [2.45, 2.75) is 43.7 Å². The second-order valence-corrected chi connectivity index (χ2v) is 16.4. The van der Waals surface area contributed by atoms with Gasteiger partial charge in [0.2, 0.25) is 5.36 Å². The van der Waals surface area contributed by atoms with Gasteiger partial charge in [-0.25, -0.2) is 26.2 Å². The van der Waals surface area contributed by atoms with Crippen molar-refractivity contribution in [3.8, 4) is 28.2 Å². The van der Waals surface area contributed by atoms with E-state index in [4.69, 9.17) is 19.1 Å². The number of fused-ring (bicyclic) bond motifs is 2. The molecule has 0 unspecified atom stereocenters. The van der Waals surface area contributed by atoms with Crippen molar-refractivity contribution in [3.63, 3.8) is 0 Å². The van der Waals surface area contributed by atoms with Crippen molar-refractivity contribution in [2.75, 3.05) is 74.0 Å². The van der Waals surface area contributed by atoms with Crippen molar-refractivity contribution >= 4 is 54.1 Å². The first kappa shape index (κ1) is 44.7. The second kappa shape index (κ2) is 18.3. The molecule has 3 aromatic rings. The van der Waals surface area contributed by atoms with Gasteiger partial charge in [-0.1, -0.05) is 6.07 Å². The minimum absolute atomic E-state index is 0.0800. The van der Waals surface area contributed by atoms with Crippen LogP contribution in [0.5, 0.6) is 5.75 Å². The number of carboxylic acids is 1. The van der Waals surface area contributed by atoms with Crippen LogP contribution in [0, 0.1) is 0 Å². The standard InChI is InChI=1S/C38H45N5O7S2.C2HF3O2/c1-6-41(7-2)27-11-14-30-35(23-27)50-36-24-28(42(8-3)9-4)12-15-31(36)38(30)32-16-13-29(25-37(32)52(46,47)48)51(44,45)40-26-10-17-34(49-5)33(22-26)43-20-18-39-19-21-43;3-2(4,5)1(6)7/h10-17,22-25,39-40H,6-9,18-21H2,1-5H3;(H,6,7). The molecule has 0 bridgehead atoms. The fraction of sp³-hybridized carbons (Fsp3) is 0.350. The predicted octanol–water partition coefficient (Wildman–Crippen LogP) is 5.62. The summed E-state index contributed by atoms with van der Waals surface area (Å²) in [4.78, 5) is 12.1. The van der Waals surface area contributed by atoms with E-state index in [1.807, 2.05) is 36.4 Å². The molecule has 3 aliphatic rings. The van der Waals surface area contributed by atoms with Gasteiger partial charge in [-0.05, 0) is 76.2 Å². The zero-order chi connectivity index (χ0) is 43.3. The van der Waals surface area contributed by atoms with Crippen molar-refractivity contribution in [3.05, 3.63) is 78.2 Å². The Hall–Kier alpha value is -5.37. The van der Waals surface area contributed by atoms with Crippen LogP contribution in [0.2, 0.25) is 0 Å². The van der Waals surface area contributed by atoms with Gasteiger partial charge in [0, 0.05) is 79.2 Å². The van der Waals surface area contributed by atoms with E-state index in [-0.39, 0.29) is 16.1 Å². The molecule has 0 aromatic heterocycles. The molecule has 2 heterocycles. The molecule has 59 heavy (non-hydrogen) atoms. The van der Waals surface area contributed by atoms with E-state index in [2.05, 4.69) is 52.1 Å². The molecule has 0 saturated carbocycles. The van der Waals surface area contributed by atoms with Gasteiger partial charge < -0.3 is 33.9 Å². The summed E-state index contributed by atoms with van der Waals surface area (Å²) in [5.74, 6) is -1.67. The largest absolute Gasteiger partial charge is 0.744 e. The van der Waals surface area contributed by atoms with Crippen LogP contribution >= 0.6 is 0 Å². The summed E-state index contributed by atoms with van der Waals surface area (Å²) in [5, 5.41) is 11.9. The second-order valence-electron chi connectivity index (χ2n) is 13.3. The Morgan fingerprint density at radius 2 is 1.58 bits per heavy atom. The molecule has 1 fully saturated rings. The molecule has 14 nitrogen and oxygen atoms in total. The number of piperazine rings is 1. The lowest BCUT2D eigenvalue weighted by molar-refractivity contribution is -0.192. The van der Waals surface area contributed by atoms with E-state index >= 15 is 0 Å².